The van der Waals surface area contributed by atoms with Crippen LogP contribution in [0.5, 0.6) is 0 Å². The summed E-state index contributed by atoms with van der Waals surface area (Å²) < 4.78 is 38.2. The molecule has 0 radical (unpaired) electrons. The molecule has 0 saturated heterocycles. The van der Waals surface area contributed by atoms with Crippen LogP contribution >= 0.6 is 0 Å². The van der Waals surface area contributed by atoms with Crippen molar-refractivity contribution < 1.29 is 23.1 Å². The third-order valence-electron chi connectivity index (χ3n) is 5.16. The second-order valence-electron chi connectivity index (χ2n) is 7.37. The second-order valence-corrected chi connectivity index (χ2v) is 7.37. The highest BCUT2D eigenvalue weighted by atomic mass is 19.4. The van der Waals surface area contributed by atoms with E-state index in [1.807, 2.05) is 26.0 Å². The first-order chi connectivity index (χ1) is 14.7. The quantitative estimate of drug-likeness (QED) is 0.599. The predicted octanol–water partition coefficient (Wildman–Crippen LogP) is 5.03. The van der Waals surface area contributed by atoms with Crippen LogP contribution in [0.3, 0.4) is 0 Å². The van der Waals surface area contributed by atoms with Crippen LogP contribution in [-0.4, -0.2) is 22.5 Å². The number of amides is 1. The third kappa shape index (κ3) is 5.49. The summed E-state index contributed by atoms with van der Waals surface area (Å²) in [7, 11) is 0. The normalized spacial score (nSPS) is 12.5. The average Bonchev–Trinajstić information content (AvgIpc) is 2.76. The molecule has 0 aliphatic heterocycles. The molecular weight excluding hydrogens is 405 g/mol. The van der Waals surface area contributed by atoms with Crippen molar-refractivity contribution in [2.75, 3.05) is 11.4 Å². The highest BCUT2D eigenvalue weighted by molar-refractivity contribution is 5.97. The summed E-state index contributed by atoms with van der Waals surface area (Å²) in [6.45, 7) is 4.06. The van der Waals surface area contributed by atoms with Gasteiger partial charge in [-0.1, -0.05) is 42.5 Å². The van der Waals surface area contributed by atoms with Crippen LogP contribution in [0.25, 0.3) is 0 Å². The summed E-state index contributed by atoms with van der Waals surface area (Å²) in [6, 6.07) is 16.4. The SMILES string of the molecule is Cc1ccc(N(CCc2ccc(C(F)(F)F)nc2)C(=O)[C@H](O)c2ccccc2)cc1C. The van der Waals surface area contributed by atoms with Crippen molar-refractivity contribution in [1.82, 2.24) is 4.98 Å². The lowest BCUT2D eigenvalue weighted by Crippen LogP contribution is -2.37. The molecular formula is C24H23F3N2O2. The Balaban J connectivity index is 1.85. The summed E-state index contributed by atoms with van der Waals surface area (Å²) in [5, 5.41) is 10.6. The topological polar surface area (TPSA) is 53.4 Å². The molecule has 1 heterocycles. The Morgan fingerprint density at radius 3 is 2.32 bits per heavy atom. The number of aryl methyl sites for hydroxylation is 2. The van der Waals surface area contributed by atoms with E-state index in [9.17, 15) is 23.1 Å². The zero-order valence-corrected chi connectivity index (χ0v) is 17.2. The minimum atomic E-state index is -4.50. The van der Waals surface area contributed by atoms with Crippen LogP contribution in [0.2, 0.25) is 0 Å². The Morgan fingerprint density at radius 1 is 1.03 bits per heavy atom. The molecule has 1 atom stereocenters. The van der Waals surface area contributed by atoms with Gasteiger partial charge in [0, 0.05) is 18.4 Å². The first kappa shape index (κ1) is 22.5. The number of hydrogen-bond acceptors (Lipinski definition) is 3. The van der Waals surface area contributed by atoms with Gasteiger partial charge in [0.2, 0.25) is 0 Å². The predicted molar refractivity (Wildman–Crippen MR) is 113 cm³/mol. The number of halogens is 3. The maximum absolute atomic E-state index is 13.2. The van der Waals surface area contributed by atoms with Crippen molar-refractivity contribution in [2.24, 2.45) is 0 Å². The third-order valence-corrected chi connectivity index (χ3v) is 5.16. The zero-order valence-electron chi connectivity index (χ0n) is 17.2. The lowest BCUT2D eigenvalue weighted by Gasteiger charge is -2.26. The molecule has 0 aliphatic rings. The van der Waals surface area contributed by atoms with Gasteiger partial charge in [-0.25, -0.2) is 0 Å². The van der Waals surface area contributed by atoms with Gasteiger partial charge in [0.1, 0.15) is 5.69 Å². The smallest absolute Gasteiger partial charge is 0.378 e. The number of carbonyl (C=O) groups is 1. The molecule has 0 aliphatic carbocycles. The molecule has 0 fully saturated rings. The van der Waals surface area contributed by atoms with Crippen LogP contribution < -0.4 is 4.90 Å². The molecule has 1 amide bonds. The summed E-state index contributed by atoms with van der Waals surface area (Å²) in [6.07, 6.45) is -4.40. The molecule has 3 rings (SSSR count). The van der Waals surface area contributed by atoms with Gasteiger partial charge in [-0.3, -0.25) is 9.78 Å². The Hall–Kier alpha value is -3.19. The van der Waals surface area contributed by atoms with Gasteiger partial charge >= 0.3 is 6.18 Å². The van der Waals surface area contributed by atoms with E-state index in [-0.39, 0.29) is 13.0 Å². The van der Waals surface area contributed by atoms with Crippen molar-refractivity contribution in [3.05, 3.63) is 94.8 Å². The Labute approximate surface area is 179 Å². The molecule has 7 heteroatoms. The number of carbonyl (C=O) groups excluding carboxylic acids is 1. The molecule has 1 aromatic heterocycles. The van der Waals surface area contributed by atoms with Gasteiger partial charge in [-0.05, 0) is 60.7 Å². The number of hydrogen-bond donors (Lipinski definition) is 1. The standard InChI is InChI=1S/C24H23F3N2O2/c1-16-8-10-20(14-17(16)2)29(23(31)22(30)19-6-4-3-5-7-19)13-12-18-9-11-21(28-15-18)24(25,26)27/h3-11,14-15,22,30H,12-13H2,1-2H3/t22-/m1/s1. The van der Waals surface area contributed by atoms with Gasteiger partial charge in [0.05, 0.1) is 0 Å². The maximum atomic E-state index is 13.2. The number of aliphatic hydroxyl groups excluding tert-OH is 1. The number of aromatic nitrogens is 1. The van der Waals surface area contributed by atoms with E-state index < -0.39 is 23.9 Å². The van der Waals surface area contributed by atoms with Crippen LogP contribution in [-0.2, 0) is 17.4 Å². The van der Waals surface area contributed by atoms with Gasteiger partial charge < -0.3 is 10.0 Å². The van der Waals surface area contributed by atoms with Gasteiger partial charge in [0.25, 0.3) is 5.91 Å². The molecule has 0 spiro atoms. The highest BCUT2D eigenvalue weighted by Crippen LogP contribution is 2.28. The van der Waals surface area contributed by atoms with E-state index in [4.69, 9.17) is 0 Å². The molecule has 0 unspecified atom stereocenters. The number of rotatable bonds is 6. The molecule has 0 saturated carbocycles. The first-order valence-electron chi connectivity index (χ1n) is 9.80. The number of anilines is 1. The summed E-state index contributed by atoms with van der Waals surface area (Å²) in [5.74, 6) is -0.505. The Morgan fingerprint density at radius 2 is 1.74 bits per heavy atom. The van der Waals surface area contributed by atoms with E-state index in [2.05, 4.69) is 4.98 Å². The van der Waals surface area contributed by atoms with Crippen LogP contribution in [0, 0.1) is 13.8 Å². The van der Waals surface area contributed by atoms with E-state index in [1.54, 1.807) is 36.4 Å². The average molecular weight is 428 g/mol. The Bertz CT molecular complexity index is 1030. The van der Waals surface area contributed by atoms with Crippen molar-refractivity contribution >= 4 is 11.6 Å². The van der Waals surface area contributed by atoms with Crippen LogP contribution in [0.15, 0.2) is 66.9 Å². The number of nitrogens with zero attached hydrogens (tertiary/aromatic N) is 2. The van der Waals surface area contributed by atoms with Gasteiger partial charge in [-0.15, -0.1) is 0 Å². The van der Waals surface area contributed by atoms with Crippen LogP contribution in [0.1, 0.15) is 34.1 Å². The summed E-state index contributed by atoms with van der Waals surface area (Å²) in [5.41, 5.74) is 2.73. The molecule has 162 valence electrons. The lowest BCUT2D eigenvalue weighted by molar-refractivity contribution is -0.141. The molecule has 4 nitrogen and oxygen atoms in total. The minimum absolute atomic E-state index is 0.179. The van der Waals surface area contributed by atoms with Crippen LogP contribution in [0.4, 0.5) is 18.9 Å². The number of alkyl halides is 3. The summed E-state index contributed by atoms with van der Waals surface area (Å²) >= 11 is 0. The second kappa shape index (κ2) is 9.31. The number of benzene rings is 2. The van der Waals surface area contributed by atoms with E-state index in [1.165, 1.54) is 17.2 Å². The van der Waals surface area contributed by atoms with Crippen molar-refractivity contribution in [1.29, 1.82) is 0 Å². The van der Waals surface area contributed by atoms with E-state index >= 15 is 0 Å². The fraction of sp³-hybridized carbons (Fsp3) is 0.250. The maximum Gasteiger partial charge on any atom is 0.433 e. The molecule has 31 heavy (non-hydrogen) atoms. The van der Waals surface area contributed by atoms with Gasteiger partial charge in [0.15, 0.2) is 6.10 Å². The fourth-order valence-electron chi connectivity index (χ4n) is 3.17. The zero-order chi connectivity index (χ0) is 22.6. The van der Waals surface area contributed by atoms with Crippen molar-refractivity contribution in [3.63, 3.8) is 0 Å². The molecule has 2 aromatic carbocycles. The first-order valence-corrected chi connectivity index (χ1v) is 9.80. The lowest BCUT2D eigenvalue weighted by atomic mass is 10.1. The van der Waals surface area contributed by atoms with E-state index in [0.29, 0.717) is 16.8 Å². The molecule has 1 N–H and O–H groups in total. The largest absolute Gasteiger partial charge is 0.433 e. The highest BCUT2D eigenvalue weighted by Gasteiger charge is 2.32. The molecule has 3 aromatic rings. The Kier molecular flexibility index (Phi) is 6.75. The van der Waals surface area contributed by atoms with Gasteiger partial charge in [-0.2, -0.15) is 13.2 Å². The number of aliphatic hydroxyl groups is 1. The summed E-state index contributed by atoms with van der Waals surface area (Å²) in [4.78, 5) is 18.1. The van der Waals surface area contributed by atoms with E-state index in [0.717, 1.165) is 17.2 Å². The fourth-order valence-corrected chi connectivity index (χ4v) is 3.17. The molecule has 0 bridgehead atoms. The monoisotopic (exact) mass is 428 g/mol. The number of pyridine rings is 1. The minimum Gasteiger partial charge on any atom is -0.378 e. The van der Waals surface area contributed by atoms with Crippen molar-refractivity contribution in [3.8, 4) is 0 Å². The van der Waals surface area contributed by atoms with Crippen molar-refractivity contribution in [2.45, 2.75) is 32.5 Å².